The summed E-state index contributed by atoms with van der Waals surface area (Å²) in [5.41, 5.74) is 1.97. The number of nitriles is 1. The van der Waals surface area contributed by atoms with E-state index in [4.69, 9.17) is 10.00 Å². The molecule has 84 valence electrons. The molecule has 0 aliphatic rings. The predicted octanol–water partition coefficient (Wildman–Crippen LogP) is 2.33. The fourth-order valence-electron chi connectivity index (χ4n) is 1.58. The van der Waals surface area contributed by atoms with Crippen LogP contribution in [0.25, 0.3) is 11.1 Å². The van der Waals surface area contributed by atoms with Gasteiger partial charge in [0.05, 0.1) is 24.9 Å². The first-order valence-electron chi connectivity index (χ1n) is 4.97. The van der Waals surface area contributed by atoms with Gasteiger partial charge in [0.2, 0.25) is 0 Å². The Kier molecular flexibility index (Phi) is 2.93. The molecule has 0 saturated heterocycles. The zero-order valence-corrected chi connectivity index (χ0v) is 9.21. The molecule has 2 rings (SSSR count). The lowest BCUT2D eigenvalue weighted by molar-refractivity contribution is 0.416. The Bertz CT molecular complexity index is 588. The molecule has 0 fully saturated rings. The van der Waals surface area contributed by atoms with Crippen molar-refractivity contribution in [3.8, 4) is 28.7 Å². The van der Waals surface area contributed by atoms with Crippen molar-refractivity contribution in [2.24, 2.45) is 0 Å². The Balaban J connectivity index is 2.61. The molecule has 0 radical (unpaired) electrons. The molecule has 0 atom stereocenters. The third-order valence-electron chi connectivity index (χ3n) is 2.36. The van der Waals surface area contributed by atoms with Gasteiger partial charge in [0.15, 0.2) is 0 Å². The van der Waals surface area contributed by atoms with Gasteiger partial charge in [-0.2, -0.15) is 5.26 Å². The first-order chi connectivity index (χ1) is 8.24. The summed E-state index contributed by atoms with van der Waals surface area (Å²) in [6.07, 6.45) is 2.96. The number of ether oxygens (including phenoxy) is 1. The molecule has 17 heavy (non-hydrogen) atoms. The first-order valence-corrected chi connectivity index (χ1v) is 4.97. The van der Waals surface area contributed by atoms with Gasteiger partial charge in [0, 0.05) is 17.3 Å². The third kappa shape index (κ3) is 2.18. The maximum Gasteiger partial charge on any atom is 0.134 e. The summed E-state index contributed by atoms with van der Waals surface area (Å²) in [5, 5.41) is 18.3. The number of aromatic nitrogens is 1. The Labute approximate surface area is 98.7 Å². The van der Waals surface area contributed by atoms with Crippen molar-refractivity contribution in [2.45, 2.75) is 0 Å². The molecule has 2 aromatic rings. The summed E-state index contributed by atoms with van der Waals surface area (Å²) < 4.78 is 5.22. The van der Waals surface area contributed by atoms with E-state index in [1.807, 2.05) is 0 Å². The van der Waals surface area contributed by atoms with Gasteiger partial charge in [-0.25, -0.2) is 0 Å². The average molecular weight is 226 g/mol. The van der Waals surface area contributed by atoms with Crippen LogP contribution in [0, 0.1) is 11.3 Å². The van der Waals surface area contributed by atoms with E-state index in [1.54, 1.807) is 37.6 Å². The molecule has 4 heteroatoms. The maximum absolute atomic E-state index is 9.40. The number of rotatable bonds is 2. The van der Waals surface area contributed by atoms with E-state index in [2.05, 4.69) is 11.1 Å². The number of hydrogen-bond donors (Lipinski definition) is 1. The SMILES string of the molecule is COc1ccc(C#N)cc1-c1cncc(O)c1. The summed E-state index contributed by atoms with van der Waals surface area (Å²) in [5.74, 6) is 0.711. The van der Waals surface area contributed by atoms with Crippen molar-refractivity contribution in [1.29, 1.82) is 5.26 Å². The molecule has 1 heterocycles. The third-order valence-corrected chi connectivity index (χ3v) is 2.36. The zero-order valence-electron chi connectivity index (χ0n) is 9.21. The molecule has 0 saturated carbocycles. The van der Waals surface area contributed by atoms with E-state index >= 15 is 0 Å². The molecule has 0 amide bonds. The van der Waals surface area contributed by atoms with E-state index in [0.717, 1.165) is 5.56 Å². The van der Waals surface area contributed by atoms with Crippen LogP contribution in [0.5, 0.6) is 11.5 Å². The lowest BCUT2D eigenvalue weighted by Gasteiger charge is -2.08. The summed E-state index contributed by atoms with van der Waals surface area (Å²) >= 11 is 0. The van der Waals surface area contributed by atoms with Crippen molar-refractivity contribution in [3.63, 3.8) is 0 Å². The molecule has 0 aliphatic carbocycles. The van der Waals surface area contributed by atoms with Crippen LogP contribution < -0.4 is 4.74 Å². The molecule has 1 aromatic carbocycles. The summed E-state index contributed by atoms with van der Waals surface area (Å²) in [6.45, 7) is 0. The fourth-order valence-corrected chi connectivity index (χ4v) is 1.58. The van der Waals surface area contributed by atoms with Crippen LogP contribution in [0.4, 0.5) is 0 Å². The van der Waals surface area contributed by atoms with Crippen LogP contribution in [-0.4, -0.2) is 17.2 Å². The second-order valence-electron chi connectivity index (χ2n) is 3.46. The number of nitrogens with zero attached hydrogens (tertiary/aromatic N) is 2. The molecule has 1 aromatic heterocycles. The number of pyridine rings is 1. The van der Waals surface area contributed by atoms with Crippen molar-refractivity contribution in [3.05, 3.63) is 42.2 Å². The predicted molar refractivity (Wildman–Crippen MR) is 62.6 cm³/mol. The minimum Gasteiger partial charge on any atom is -0.506 e. The lowest BCUT2D eigenvalue weighted by atomic mass is 10.0. The van der Waals surface area contributed by atoms with Crippen molar-refractivity contribution >= 4 is 0 Å². The number of benzene rings is 1. The van der Waals surface area contributed by atoms with E-state index in [9.17, 15) is 5.11 Å². The van der Waals surface area contributed by atoms with Gasteiger partial charge in [0.1, 0.15) is 11.5 Å². The fraction of sp³-hybridized carbons (Fsp3) is 0.0769. The Morgan fingerprint density at radius 2 is 2.12 bits per heavy atom. The highest BCUT2D eigenvalue weighted by Gasteiger charge is 2.08. The first kappa shape index (κ1) is 11.0. The molecule has 1 N–H and O–H groups in total. The van der Waals surface area contributed by atoms with Gasteiger partial charge >= 0.3 is 0 Å². The van der Waals surface area contributed by atoms with Crippen molar-refractivity contribution in [1.82, 2.24) is 4.98 Å². The van der Waals surface area contributed by atoms with E-state index in [1.165, 1.54) is 6.20 Å². The number of aromatic hydroxyl groups is 1. The van der Waals surface area contributed by atoms with Crippen LogP contribution in [0.3, 0.4) is 0 Å². The van der Waals surface area contributed by atoms with Gasteiger partial charge in [-0.15, -0.1) is 0 Å². The van der Waals surface area contributed by atoms with Crippen LogP contribution >= 0.6 is 0 Å². The van der Waals surface area contributed by atoms with Crippen LogP contribution in [-0.2, 0) is 0 Å². The standard InChI is InChI=1S/C13H10N2O2/c1-17-13-3-2-9(6-14)4-12(13)10-5-11(16)8-15-7-10/h2-5,7-8,16H,1H3. The normalized spacial score (nSPS) is 9.65. The lowest BCUT2D eigenvalue weighted by Crippen LogP contribution is -1.89. The number of methoxy groups -OCH3 is 1. The average Bonchev–Trinajstić information content (AvgIpc) is 2.38. The van der Waals surface area contributed by atoms with Gasteiger partial charge in [-0.3, -0.25) is 4.98 Å². The minimum absolute atomic E-state index is 0.0758. The molecule has 0 aliphatic heterocycles. The Morgan fingerprint density at radius 3 is 2.76 bits per heavy atom. The van der Waals surface area contributed by atoms with Crippen molar-refractivity contribution in [2.75, 3.05) is 7.11 Å². The highest BCUT2D eigenvalue weighted by atomic mass is 16.5. The monoisotopic (exact) mass is 226 g/mol. The molecule has 0 bridgehead atoms. The second kappa shape index (κ2) is 4.54. The minimum atomic E-state index is 0.0758. The van der Waals surface area contributed by atoms with Crippen LogP contribution in [0.1, 0.15) is 5.56 Å². The zero-order chi connectivity index (χ0) is 12.3. The summed E-state index contributed by atoms with van der Waals surface area (Å²) in [6, 6.07) is 8.74. The smallest absolute Gasteiger partial charge is 0.134 e. The molecule has 0 unspecified atom stereocenters. The molecular weight excluding hydrogens is 216 g/mol. The van der Waals surface area contributed by atoms with E-state index < -0.39 is 0 Å². The Hall–Kier alpha value is -2.54. The summed E-state index contributed by atoms with van der Waals surface area (Å²) in [4.78, 5) is 3.90. The topological polar surface area (TPSA) is 66.1 Å². The number of hydrogen-bond acceptors (Lipinski definition) is 4. The second-order valence-corrected chi connectivity index (χ2v) is 3.46. The Morgan fingerprint density at radius 1 is 1.29 bits per heavy atom. The summed E-state index contributed by atoms with van der Waals surface area (Å²) in [7, 11) is 1.56. The van der Waals surface area contributed by atoms with Crippen molar-refractivity contribution < 1.29 is 9.84 Å². The van der Waals surface area contributed by atoms with Gasteiger partial charge in [-0.1, -0.05) is 0 Å². The van der Waals surface area contributed by atoms with E-state index in [0.29, 0.717) is 16.9 Å². The van der Waals surface area contributed by atoms with E-state index in [-0.39, 0.29) is 5.75 Å². The van der Waals surface area contributed by atoms with Gasteiger partial charge < -0.3 is 9.84 Å². The van der Waals surface area contributed by atoms with Crippen LogP contribution in [0.2, 0.25) is 0 Å². The van der Waals surface area contributed by atoms with Crippen LogP contribution in [0.15, 0.2) is 36.7 Å². The van der Waals surface area contributed by atoms with Gasteiger partial charge in [-0.05, 0) is 24.3 Å². The molecule has 4 nitrogen and oxygen atoms in total. The molecule has 0 spiro atoms. The quantitative estimate of drug-likeness (QED) is 0.853. The highest BCUT2D eigenvalue weighted by molar-refractivity contribution is 5.72. The highest BCUT2D eigenvalue weighted by Crippen LogP contribution is 2.31. The van der Waals surface area contributed by atoms with Gasteiger partial charge in [0.25, 0.3) is 0 Å². The largest absolute Gasteiger partial charge is 0.506 e. The molecular formula is C13H10N2O2. The maximum atomic E-state index is 9.40.